The maximum Gasteiger partial charge on any atom is 1.00 e. The van der Waals surface area contributed by atoms with Crippen molar-refractivity contribution in [3.05, 3.63) is 71.3 Å². The molecule has 2 aromatic carbocycles. The number of hydrogen-bond acceptors (Lipinski definition) is 7. The third-order valence-corrected chi connectivity index (χ3v) is 8.66. The minimum Gasteiger partial charge on any atom is -0.548 e. The molecule has 10 heteroatoms. The topological polar surface area (TPSA) is 109 Å². The summed E-state index contributed by atoms with van der Waals surface area (Å²) in [5, 5.41) is 18.6. The van der Waals surface area contributed by atoms with Crippen LogP contribution in [0.1, 0.15) is 84.8 Å². The van der Waals surface area contributed by atoms with Crippen LogP contribution in [0.5, 0.6) is 0 Å². The van der Waals surface area contributed by atoms with Gasteiger partial charge in [0.05, 0.1) is 18.6 Å². The fourth-order valence-electron chi connectivity index (χ4n) is 5.64. The summed E-state index contributed by atoms with van der Waals surface area (Å²) in [5.74, 6) is 0.435. The van der Waals surface area contributed by atoms with E-state index in [0.29, 0.717) is 24.3 Å². The van der Waals surface area contributed by atoms with Gasteiger partial charge in [-0.1, -0.05) is 62.4 Å². The Balaban J connectivity index is 0.00000484. The molecule has 1 aliphatic carbocycles. The normalized spacial score (nSPS) is 15.0. The molecule has 0 radical (unpaired) electrons. The number of carboxylic acids is 1. The van der Waals surface area contributed by atoms with E-state index in [4.69, 9.17) is 4.74 Å². The van der Waals surface area contributed by atoms with Crippen molar-refractivity contribution in [2.75, 3.05) is 12.0 Å². The van der Waals surface area contributed by atoms with Crippen molar-refractivity contribution in [1.82, 2.24) is 20.1 Å². The van der Waals surface area contributed by atoms with Gasteiger partial charge in [0.1, 0.15) is 12.4 Å². The molecule has 1 heterocycles. The summed E-state index contributed by atoms with van der Waals surface area (Å²) in [6.45, 7) is 2.34. The van der Waals surface area contributed by atoms with E-state index in [1.807, 2.05) is 56.6 Å². The average molecular weight is 585 g/mol. The van der Waals surface area contributed by atoms with Crippen LogP contribution in [0.4, 0.5) is 0 Å². The largest absolute Gasteiger partial charge is 1.00 e. The predicted molar refractivity (Wildman–Crippen MR) is 160 cm³/mol. The van der Waals surface area contributed by atoms with E-state index in [1.54, 1.807) is 17.1 Å². The van der Waals surface area contributed by atoms with Gasteiger partial charge in [0.25, 0.3) is 5.91 Å². The summed E-state index contributed by atoms with van der Waals surface area (Å²) in [4.78, 5) is 29.6. The van der Waals surface area contributed by atoms with Gasteiger partial charge in [0, 0.05) is 12.6 Å². The molecule has 1 fully saturated rings. The molecule has 1 N–H and O–H groups in total. The Morgan fingerprint density at radius 3 is 2.55 bits per heavy atom. The summed E-state index contributed by atoms with van der Waals surface area (Å²) in [6, 6.07) is 12.4. The van der Waals surface area contributed by atoms with Crippen LogP contribution >= 0.6 is 11.8 Å². The van der Waals surface area contributed by atoms with E-state index >= 15 is 0 Å². The van der Waals surface area contributed by atoms with Gasteiger partial charge in [-0.05, 0) is 78.5 Å². The van der Waals surface area contributed by atoms with Crippen LogP contribution in [0.15, 0.2) is 48.8 Å². The molecule has 1 amide bonds. The molecular formula is C32H41LiN4O4S. The summed E-state index contributed by atoms with van der Waals surface area (Å²) in [5.41, 5.74) is 4.00. The van der Waals surface area contributed by atoms with E-state index in [9.17, 15) is 14.7 Å². The Bertz CT molecular complexity index is 1310. The number of amides is 1. The molecular weight excluding hydrogens is 543 g/mol. The fourth-order valence-corrected chi connectivity index (χ4v) is 6.11. The standard InChI is InChI=1S/C32H42N4O4S.Li/c1-22-9-7-8-12-25(22)27-19-24(13-15-26(27)31(37)35-28(32(38)39)17-18-41-3)20-40-29(30-33-21-34-36(30)2)16-14-23-10-5-4-6-11-23;/h7-9,12-13,15,19,21,23,28-29H,4-6,10-11,14,16-18,20H2,1-3H3,(H,35,37)(H,38,39);/q;+1/p-1/t28-,29?;/m0./s1. The number of aromatic nitrogens is 3. The zero-order chi connectivity index (χ0) is 29.2. The first-order chi connectivity index (χ1) is 19.9. The van der Waals surface area contributed by atoms with Crippen LogP contribution in [0.3, 0.4) is 0 Å². The summed E-state index contributed by atoms with van der Waals surface area (Å²) in [6.07, 6.45) is 12.1. The van der Waals surface area contributed by atoms with Gasteiger partial charge in [-0.3, -0.25) is 9.48 Å². The van der Waals surface area contributed by atoms with Crippen LogP contribution in [-0.4, -0.2) is 44.7 Å². The number of benzene rings is 2. The fraction of sp³-hybridized carbons (Fsp3) is 0.500. The second-order valence-corrected chi connectivity index (χ2v) is 11.9. The molecule has 220 valence electrons. The number of carboxylic acid groups (broad SMARTS) is 1. The molecule has 0 bridgehead atoms. The maximum absolute atomic E-state index is 13.4. The quantitative estimate of drug-likeness (QED) is 0.289. The van der Waals surface area contributed by atoms with E-state index in [0.717, 1.165) is 46.8 Å². The molecule has 1 aromatic heterocycles. The van der Waals surface area contributed by atoms with Crippen LogP contribution in [0.25, 0.3) is 11.1 Å². The molecule has 0 saturated heterocycles. The number of ether oxygens (including phenoxy) is 1. The van der Waals surface area contributed by atoms with Crippen LogP contribution < -0.4 is 29.3 Å². The maximum atomic E-state index is 13.4. The molecule has 2 atom stereocenters. The monoisotopic (exact) mass is 584 g/mol. The Morgan fingerprint density at radius 1 is 1.12 bits per heavy atom. The number of nitrogens with zero attached hydrogens (tertiary/aromatic N) is 3. The molecule has 0 aliphatic heterocycles. The number of rotatable bonds is 14. The van der Waals surface area contributed by atoms with Crippen molar-refractivity contribution < 1.29 is 38.3 Å². The van der Waals surface area contributed by atoms with Crippen molar-refractivity contribution in [3.63, 3.8) is 0 Å². The molecule has 1 saturated carbocycles. The second-order valence-electron chi connectivity index (χ2n) is 10.9. The van der Waals surface area contributed by atoms with Gasteiger partial charge in [0.2, 0.25) is 0 Å². The van der Waals surface area contributed by atoms with Gasteiger partial charge in [0.15, 0.2) is 5.82 Å². The summed E-state index contributed by atoms with van der Waals surface area (Å²) < 4.78 is 8.27. The molecule has 42 heavy (non-hydrogen) atoms. The predicted octanol–water partition coefficient (Wildman–Crippen LogP) is 2.01. The molecule has 3 aromatic rings. The first-order valence-corrected chi connectivity index (χ1v) is 15.9. The smallest absolute Gasteiger partial charge is 0.548 e. The SMILES string of the molecule is CSCC[C@H](NC(=O)c1ccc(COC(CCC2CCCCC2)c2ncnn2C)cc1-c1ccccc1C)C(=O)[O-].[Li+]. The Hall–Kier alpha value is -2.57. The Labute approximate surface area is 265 Å². The Kier molecular flexibility index (Phi) is 13.7. The average Bonchev–Trinajstić information content (AvgIpc) is 3.41. The van der Waals surface area contributed by atoms with Gasteiger partial charge < -0.3 is 20.0 Å². The van der Waals surface area contributed by atoms with Crippen molar-refractivity contribution >= 4 is 23.6 Å². The van der Waals surface area contributed by atoms with E-state index < -0.39 is 17.9 Å². The third-order valence-electron chi connectivity index (χ3n) is 8.01. The van der Waals surface area contributed by atoms with Crippen molar-refractivity contribution in [2.24, 2.45) is 13.0 Å². The van der Waals surface area contributed by atoms with Gasteiger partial charge >= 0.3 is 18.9 Å². The Morgan fingerprint density at radius 2 is 1.88 bits per heavy atom. The molecule has 1 unspecified atom stereocenters. The number of hydrogen-bond donors (Lipinski definition) is 1. The second kappa shape index (κ2) is 16.9. The van der Waals surface area contributed by atoms with Crippen molar-refractivity contribution in [3.8, 4) is 11.1 Å². The minimum atomic E-state index is -1.28. The summed E-state index contributed by atoms with van der Waals surface area (Å²) >= 11 is 1.53. The zero-order valence-electron chi connectivity index (χ0n) is 25.3. The molecule has 0 spiro atoms. The molecule has 4 rings (SSSR count). The van der Waals surface area contributed by atoms with Crippen LogP contribution in [0, 0.1) is 12.8 Å². The minimum absolute atomic E-state index is 0. The molecule has 8 nitrogen and oxygen atoms in total. The number of carbonyl (C=O) groups excluding carboxylic acids is 2. The zero-order valence-corrected chi connectivity index (χ0v) is 26.1. The number of thioether (sulfide) groups is 1. The first kappa shape index (κ1) is 33.9. The first-order valence-electron chi connectivity index (χ1n) is 14.5. The number of aliphatic carboxylic acids is 1. The van der Waals surface area contributed by atoms with E-state index in [-0.39, 0.29) is 25.0 Å². The van der Waals surface area contributed by atoms with E-state index in [1.165, 1.54) is 43.9 Å². The summed E-state index contributed by atoms with van der Waals surface area (Å²) in [7, 11) is 1.89. The van der Waals surface area contributed by atoms with Crippen LogP contribution in [-0.2, 0) is 23.2 Å². The van der Waals surface area contributed by atoms with Gasteiger partial charge in [-0.25, -0.2) is 4.98 Å². The molecule has 1 aliphatic rings. The number of carbonyl (C=O) groups is 2. The van der Waals surface area contributed by atoms with Gasteiger partial charge in [-0.2, -0.15) is 16.9 Å². The number of nitrogens with one attached hydrogen (secondary N) is 1. The number of aryl methyl sites for hydroxylation is 2. The van der Waals surface area contributed by atoms with Gasteiger partial charge in [-0.15, -0.1) is 0 Å². The van der Waals surface area contributed by atoms with Crippen LogP contribution in [0.2, 0.25) is 0 Å². The van der Waals surface area contributed by atoms with Crippen molar-refractivity contribution in [2.45, 2.75) is 77.0 Å². The van der Waals surface area contributed by atoms with E-state index in [2.05, 4.69) is 15.4 Å². The third kappa shape index (κ3) is 9.21. The van der Waals surface area contributed by atoms with Crippen molar-refractivity contribution in [1.29, 1.82) is 0 Å².